The number of aryl methyl sites for hydroxylation is 1. The van der Waals surface area contributed by atoms with E-state index in [4.69, 9.17) is 0 Å². The maximum atomic E-state index is 12.0. The standard InChI is InChI=1S/C14H21F3N2OS/c1-2-18-8-10-4-3-5-11-13(10)19-12(21-11)6-7-20-9-14(15,16)17/h10,18H,2-9H2,1H3. The Kier molecular flexibility index (Phi) is 6.01. The molecule has 0 fully saturated rings. The number of hydrogen-bond acceptors (Lipinski definition) is 4. The maximum absolute atomic E-state index is 12.0. The SMILES string of the molecule is CCNCC1CCCc2sc(CCOCC(F)(F)F)nc21. The lowest BCUT2D eigenvalue weighted by molar-refractivity contribution is -0.173. The molecule has 1 aliphatic rings. The molecule has 7 heteroatoms. The zero-order chi connectivity index (χ0) is 15.3. The zero-order valence-corrected chi connectivity index (χ0v) is 12.9. The van der Waals surface area contributed by atoms with Crippen LogP contribution in [0.4, 0.5) is 13.2 Å². The van der Waals surface area contributed by atoms with E-state index in [1.165, 1.54) is 4.88 Å². The Morgan fingerprint density at radius 1 is 1.43 bits per heavy atom. The number of ether oxygens (including phenoxy) is 1. The van der Waals surface area contributed by atoms with Gasteiger partial charge in [-0.05, 0) is 25.8 Å². The van der Waals surface area contributed by atoms with Crippen LogP contribution in [0.2, 0.25) is 0 Å². The van der Waals surface area contributed by atoms with Crippen LogP contribution in [0.25, 0.3) is 0 Å². The molecule has 0 bridgehead atoms. The summed E-state index contributed by atoms with van der Waals surface area (Å²) >= 11 is 1.63. The molecule has 1 unspecified atom stereocenters. The molecule has 0 aromatic carbocycles. The van der Waals surface area contributed by atoms with Crippen molar-refractivity contribution in [3.05, 3.63) is 15.6 Å². The summed E-state index contributed by atoms with van der Waals surface area (Å²) in [7, 11) is 0. The summed E-state index contributed by atoms with van der Waals surface area (Å²) < 4.78 is 40.6. The molecule has 0 saturated heterocycles. The monoisotopic (exact) mass is 322 g/mol. The quantitative estimate of drug-likeness (QED) is 0.782. The van der Waals surface area contributed by atoms with Crippen LogP contribution < -0.4 is 5.32 Å². The highest BCUT2D eigenvalue weighted by atomic mass is 32.1. The van der Waals surface area contributed by atoms with Gasteiger partial charge in [-0.15, -0.1) is 11.3 Å². The zero-order valence-electron chi connectivity index (χ0n) is 12.1. The van der Waals surface area contributed by atoms with E-state index in [1.54, 1.807) is 11.3 Å². The molecule has 2 rings (SSSR count). The van der Waals surface area contributed by atoms with Crippen molar-refractivity contribution in [3.8, 4) is 0 Å². The third-order valence-corrected chi connectivity index (χ3v) is 4.67. The summed E-state index contributed by atoms with van der Waals surface area (Å²) in [5.74, 6) is 0.440. The molecule has 0 saturated carbocycles. The van der Waals surface area contributed by atoms with Crippen molar-refractivity contribution < 1.29 is 17.9 Å². The number of hydrogen-bond donors (Lipinski definition) is 1. The molecule has 1 heterocycles. The van der Waals surface area contributed by atoms with Crippen LogP contribution in [-0.2, 0) is 17.6 Å². The van der Waals surface area contributed by atoms with Crippen LogP contribution >= 0.6 is 11.3 Å². The molecular weight excluding hydrogens is 301 g/mol. The summed E-state index contributed by atoms with van der Waals surface area (Å²) in [6.07, 6.45) is -0.456. The minimum atomic E-state index is -4.25. The minimum Gasteiger partial charge on any atom is -0.372 e. The van der Waals surface area contributed by atoms with Gasteiger partial charge in [0.1, 0.15) is 6.61 Å². The number of likely N-dealkylation sites (N-methyl/N-ethyl adjacent to an activating group) is 1. The fraction of sp³-hybridized carbons (Fsp3) is 0.786. The number of thiazole rings is 1. The van der Waals surface area contributed by atoms with E-state index < -0.39 is 12.8 Å². The summed E-state index contributed by atoms with van der Waals surface area (Å²) in [4.78, 5) is 5.94. The normalized spacial score (nSPS) is 18.8. The second-order valence-corrected chi connectivity index (χ2v) is 6.40. The molecule has 1 atom stereocenters. The Labute approximate surface area is 126 Å². The predicted octanol–water partition coefficient (Wildman–Crippen LogP) is 3.29. The molecule has 3 nitrogen and oxygen atoms in total. The summed E-state index contributed by atoms with van der Waals surface area (Å²) in [6, 6.07) is 0. The molecule has 0 amide bonds. The summed E-state index contributed by atoms with van der Waals surface area (Å²) in [5.41, 5.74) is 1.15. The van der Waals surface area contributed by atoms with Gasteiger partial charge in [-0.2, -0.15) is 13.2 Å². The van der Waals surface area contributed by atoms with Gasteiger partial charge in [0.2, 0.25) is 0 Å². The summed E-state index contributed by atoms with van der Waals surface area (Å²) in [5, 5.41) is 4.25. The van der Waals surface area contributed by atoms with Crippen LogP contribution in [0, 0.1) is 0 Å². The van der Waals surface area contributed by atoms with Gasteiger partial charge in [0.05, 0.1) is 17.3 Å². The van der Waals surface area contributed by atoms with E-state index in [0.29, 0.717) is 12.3 Å². The van der Waals surface area contributed by atoms with Crippen LogP contribution in [0.3, 0.4) is 0 Å². The largest absolute Gasteiger partial charge is 0.411 e. The molecule has 0 radical (unpaired) electrons. The molecule has 120 valence electrons. The molecule has 1 aliphatic carbocycles. The second-order valence-electron chi connectivity index (χ2n) is 5.23. The topological polar surface area (TPSA) is 34.1 Å². The lowest BCUT2D eigenvalue weighted by Gasteiger charge is -2.21. The van der Waals surface area contributed by atoms with Crippen LogP contribution in [0.1, 0.15) is 41.3 Å². The predicted molar refractivity (Wildman–Crippen MR) is 76.9 cm³/mol. The van der Waals surface area contributed by atoms with Gasteiger partial charge in [-0.25, -0.2) is 4.98 Å². The highest BCUT2D eigenvalue weighted by Crippen LogP contribution is 2.34. The van der Waals surface area contributed by atoms with Gasteiger partial charge in [0.15, 0.2) is 0 Å². The van der Waals surface area contributed by atoms with Crippen LogP contribution in [0.5, 0.6) is 0 Å². The molecule has 0 aliphatic heterocycles. The first kappa shape index (κ1) is 16.7. The minimum absolute atomic E-state index is 0.0732. The Hall–Kier alpha value is -0.660. The first-order valence-corrected chi connectivity index (χ1v) is 8.15. The average molecular weight is 322 g/mol. The van der Waals surface area contributed by atoms with E-state index in [9.17, 15) is 13.2 Å². The van der Waals surface area contributed by atoms with Crippen LogP contribution in [-0.4, -0.2) is 37.5 Å². The molecule has 1 aromatic heterocycles. The third kappa shape index (κ3) is 5.23. The third-order valence-electron chi connectivity index (χ3n) is 3.48. The number of nitrogens with zero attached hydrogens (tertiary/aromatic N) is 1. The molecule has 1 N–H and O–H groups in total. The number of alkyl halides is 3. The number of halogens is 3. The van der Waals surface area contributed by atoms with Crippen molar-refractivity contribution in [2.24, 2.45) is 0 Å². The first-order valence-electron chi connectivity index (χ1n) is 7.33. The fourth-order valence-electron chi connectivity index (χ4n) is 2.53. The Morgan fingerprint density at radius 3 is 2.95 bits per heavy atom. The van der Waals surface area contributed by atoms with Crippen LogP contribution in [0.15, 0.2) is 0 Å². The average Bonchev–Trinajstić information content (AvgIpc) is 2.83. The highest BCUT2D eigenvalue weighted by Gasteiger charge is 2.27. The highest BCUT2D eigenvalue weighted by molar-refractivity contribution is 7.11. The first-order chi connectivity index (χ1) is 9.99. The fourth-order valence-corrected chi connectivity index (χ4v) is 3.71. The van der Waals surface area contributed by atoms with Gasteiger partial charge in [-0.3, -0.25) is 0 Å². The van der Waals surface area contributed by atoms with Gasteiger partial charge in [0.25, 0.3) is 0 Å². The van der Waals surface area contributed by atoms with E-state index >= 15 is 0 Å². The maximum Gasteiger partial charge on any atom is 0.411 e. The van der Waals surface area contributed by atoms with Crippen molar-refractivity contribution in [2.45, 2.75) is 44.7 Å². The van der Waals surface area contributed by atoms with Gasteiger partial charge >= 0.3 is 6.18 Å². The van der Waals surface area contributed by atoms with Crippen molar-refractivity contribution in [1.29, 1.82) is 0 Å². The van der Waals surface area contributed by atoms with E-state index in [0.717, 1.165) is 43.1 Å². The van der Waals surface area contributed by atoms with E-state index in [-0.39, 0.29) is 6.61 Å². The Morgan fingerprint density at radius 2 is 2.24 bits per heavy atom. The number of aromatic nitrogens is 1. The second kappa shape index (κ2) is 7.56. The van der Waals surface area contributed by atoms with E-state index in [2.05, 4.69) is 22.0 Å². The van der Waals surface area contributed by atoms with Crippen molar-refractivity contribution in [3.63, 3.8) is 0 Å². The molecular formula is C14H21F3N2OS. The summed E-state index contributed by atoms with van der Waals surface area (Å²) in [6.45, 7) is 2.84. The Balaban J connectivity index is 1.87. The number of rotatable bonds is 7. The van der Waals surface area contributed by atoms with Gasteiger partial charge < -0.3 is 10.1 Å². The molecule has 21 heavy (non-hydrogen) atoms. The Bertz CT molecular complexity index is 448. The lowest BCUT2D eigenvalue weighted by atomic mass is 9.91. The number of nitrogens with one attached hydrogen (secondary N) is 1. The van der Waals surface area contributed by atoms with Crippen molar-refractivity contribution >= 4 is 11.3 Å². The molecule has 0 spiro atoms. The van der Waals surface area contributed by atoms with Crippen molar-refractivity contribution in [2.75, 3.05) is 26.3 Å². The van der Waals surface area contributed by atoms with Gasteiger partial charge in [0, 0.05) is 23.8 Å². The molecule has 1 aromatic rings. The number of fused-ring (bicyclic) bond motifs is 1. The smallest absolute Gasteiger partial charge is 0.372 e. The lowest BCUT2D eigenvalue weighted by Crippen LogP contribution is -2.24. The van der Waals surface area contributed by atoms with E-state index in [1.807, 2.05) is 0 Å². The van der Waals surface area contributed by atoms with Crippen molar-refractivity contribution in [1.82, 2.24) is 10.3 Å². The van der Waals surface area contributed by atoms with Gasteiger partial charge in [-0.1, -0.05) is 6.92 Å².